The van der Waals surface area contributed by atoms with Crippen LogP contribution in [0, 0.1) is 11.6 Å². The van der Waals surface area contributed by atoms with Crippen LogP contribution in [0.3, 0.4) is 0 Å². The van der Waals surface area contributed by atoms with Crippen molar-refractivity contribution in [2.75, 3.05) is 12.4 Å². The Balaban J connectivity index is 1.80. The number of anilines is 1. The number of hydrogen-bond donors (Lipinski definition) is 2. The summed E-state index contributed by atoms with van der Waals surface area (Å²) in [6, 6.07) is 8.51. The Morgan fingerprint density at radius 2 is 1.80 bits per heavy atom. The first-order valence-electron chi connectivity index (χ1n) is 9.61. The van der Waals surface area contributed by atoms with Crippen molar-refractivity contribution in [2.45, 2.75) is 31.8 Å². The molecule has 1 saturated carbocycles. The van der Waals surface area contributed by atoms with Gasteiger partial charge in [0.05, 0.1) is 30.0 Å². The van der Waals surface area contributed by atoms with E-state index in [2.05, 4.69) is 10.6 Å². The van der Waals surface area contributed by atoms with Crippen LogP contribution in [0.15, 0.2) is 53.7 Å². The van der Waals surface area contributed by atoms with Crippen LogP contribution in [0.25, 0.3) is 0 Å². The van der Waals surface area contributed by atoms with E-state index >= 15 is 0 Å². The van der Waals surface area contributed by atoms with Crippen molar-refractivity contribution in [3.63, 3.8) is 0 Å². The summed E-state index contributed by atoms with van der Waals surface area (Å²) in [6.07, 6.45) is 1.62. The van der Waals surface area contributed by atoms with Crippen molar-refractivity contribution in [2.24, 2.45) is 0 Å². The molecule has 3 amide bonds. The highest BCUT2D eigenvalue weighted by molar-refractivity contribution is 6.07. The van der Waals surface area contributed by atoms with Crippen LogP contribution >= 0.6 is 0 Å². The molecular weight excluding hydrogens is 392 g/mol. The second kappa shape index (κ2) is 7.78. The Morgan fingerprint density at radius 1 is 1.13 bits per heavy atom. The van der Waals surface area contributed by atoms with Gasteiger partial charge in [-0.15, -0.1) is 0 Å². The molecule has 0 spiro atoms. The van der Waals surface area contributed by atoms with Crippen molar-refractivity contribution in [3.8, 4) is 5.75 Å². The predicted molar refractivity (Wildman–Crippen MR) is 107 cm³/mol. The average Bonchev–Trinajstić information content (AvgIpc) is 3.53. The SMILES string of the molecule is COc1ccccc1NC(=O)C1=C(C)N(C2CC2)C(=O)N[C@@H]1c1c(F)cccc1F. The molecule has 0 unspecified atom stereocenters. The molecule has 1 fully saturated rings. The summed E-state index contributed by atoms with van der Waals surface area (Å²) in [7, 11) is 1.47. The summed E-state index contributed by atoms with van der Waals surface area (Å²) in [6.45, 7) is 1.62. The fourth-order valence-corrected chi connectivity index (χ4v) is 3.76. The molecule has 2 N–H and O–H groups in total. The van der Waals surface area contributed by atoms with Gasteiger partial charge in [0.2, 0.25) is 0 Å². The van der Waals surface area contributed by atoms with Crippen molar-refractivity contribution in [1.82, 2.24) is 10.2 Å². The van der Waals surface area contributed by atoms with Gasteiger partial charge in [-0.05, 0) is 44.0 Å². The average molecular weight is 413 g/mol. The van der Waals surface area contributed by atoms with E-state index < -0.39 is 29.6 Å². The maximum absolute atomic E-state index is 14.6. The van der Waals surface area contributed by atoms with E-state index in [1.807, 2.05) is 0 Å². The van der Waals surface area contributed by atoms with Gasteiger partial charge in [-0.1, -0.05) is 18.2 Å². The highest BCUT2D eigenvalue weighted by Crippen LogP contribution is 2.39. The molecule has 30 heavy (non-hydrogen) atoms. The Hall–Kier alpha value is -3.42. The van der Waals surface area contributed by atoms with E-state index in [0.29, 0.717) is 17.1 Å². The van der Waals surface area contributed by atoms with Crippen LogP contribution in [0.5, 0.6) is 5.75 Å². The van der Waals surface area contributed by atoms with Crippen LogP contribution in [0.2, 0.25) is 0 Å². The third-order valence-electron chi connectivity index (χ3n) is 5.33. The minimum absolute atomic E-state index is 0.0227. The number of carbonyl (C=O) groups excluding carboxylic acids is 2. The first kappa shape index (κ1) is 19.9. The highest BCUT2D eigenvalue weighted by atomic mass is 19.1. The van der Waals surface area contributed by atoms with E-state index in [4.69, 9.17) is 4.74 Å². The molecule has 0 radical (unpaired) electrons. The minimum atomic E-state index is -1.26. The van der Waals surface area contributed by atoms with E-state index in [1.54, 1.807) is 31.2 Å². The Labute approximate surface area is 172 Å². The van der Waals surface area contributed by atoms with Crippen molar-refractivity contribution >= 4 is 17.6 Å². The summed E-state index contributed by atoms with van der Waals surface area (Å²) >= 11 is 0. The second-order valence-electron chi connectivity index (χ2n) is 7.27. The molecule has 8 heteroatoms. The van der Waals surface area contributed by atoms with Gasteiger partial charge in [0.1, 0.15) is 17.4 Å². The van der Waals surface area contributed by atoms with Gasteiger partial charge in [-0.25, -0.2) is 13.6 Å². The third kappa shape index (κ3) is 3.49. The Kier molecular flexibility index (Phi) is 5.15. The van der Waals surface area contributed by atoms with Crippen molar-refractivity contribution in [3.05, 3.63) is 70.9 Å². The summed E-state index contributed by atoms with van der Waals surface area (Å²) in [5.74, 6) is -1.81. The van der Waals surface area contributed by atoms with Crippen LogP contribution in [-0.4, -0.2) is 30.0 Å². The van der Waals surface area contributed by atoms with Crippen LogP contribution < -0.4 is 15.4 Å². The first-order chi connectivity index (χ1) is 14.4. The lowest BCUT2D eigenvalue weighted by Gasteiger charge is -2.36. The van der Waals surface area contributed by atoms with Crippen LogP contribution in [-0.2, 0) is 4.79 Å². The quantitative estimate of drug-likeness (QED) is 0.775. The van der Waals surface area contributed by atoms with Crippen molar-refractivity contribution in [1.29, 1.82) is 0 Å². The van der Waals surface area contributed by atoms with Gasteiger partial charge < -0.3 is 15.4 Å². The molecule has 1 aliphatic heterocycles. The molecule has 1 heterocycles. The number of benzene rings is 2. The number of nitrogens with zero attached hydrogens (tertiary/aromatic N) is 1. The largest absolute Gasteiger partial charge is 0.495 e. The molecule has 1 aliphatic carbocycles. The van der Waals surface area contributed by atoms with E-state index in [-0.39, 0.29) is 17.2 Å². The fraction of sp³-hybridized carbons (Fsp3) is 0.273. The lowest BCUT2D eigenvalue weighted by Crippen LogP contribution is -2.49. The van der Waals surface area contributed by atoms with Gasteiger partial charge >= 0.3 is 6.03 Å². The Bertz CT molecular complexity index is 1030. The molecular formula is C22H21F2N3O3. The molecule has 2 aromatic rings. The number of urea groups is 1. The summed E-state index contributed by atoms with van der Waals surface area (Å²) in [5, 5.41) is 5.37. The Morgan fingerprint density at radius 3 is 2.43 bits per heavy atom. The number of carbonyl (C=O) groups is 2. The topological polar surface area (TPSA) is 70.7 Å². The lowest BCUT2D eigenvalue weighted by atomic mass is 9.93. The number of para-hydroxylation sites is 2. The van der Waals surface area contributed by atoms with Crippen molar-refractivity contribution < 1.29 is 23.1 Å². The van der Waals surface area contributed by atoms with Gasteiger partial charge in [0.15, 0.2) is 0 Å². The molecule has 0 saturated heterocycles. The monoisotopic (exact) mass is 413 g/mol. The van der Waals surface area contributed by atoms with Crippen LogP contribution in [0.1, 0.15) is 31.4 Å². The zero-order valence-electron chi connectivity index (χ0n) is 16.5. The molecule has 2 aliphatic rings. The number of allylic oxidation sites excluding steroid dienone is 1. The molecule has 2 aromatic carbocycles. The lowest BCUT2D eigenvalue weighted by molar-refractivity contribution is -0.113. The van der Waals surface area contributed by atoms with E-state index in [1.165, 1.54) is 18.1 Å². The fourth-order valence-electron chi connectivity index (χ4n) is 3.76. The zero-order valence-corrected chi connectivity index (χ0v) is 16.5. The predicted octanol–water partition coefficient (Wildman–Crippen LogP) is 4.11. The summed E-state index contributed by atoms with van der Waals surface area (Å²) in [5.41, 5.74) is 0.497. The minimum Gasteiger partial charge on any atom is -0.495 e. The summed E-state index contributed by atoms with van der Waals surface area (Å²) < 4.78 is 34.4. The number of hydrogen-bond acceptors (Lipinski definition) is 3. The number of rotatable bonds is 5. The highest BCUT2D eigenvalue weighted by Gasteiger charge is 2.43. The number of amides is 3. The van der Waals surface area contributed by atoms with E-state index in [0.717, 1.165) is 25.0 Å². The van der Waals surface area contributed by atoms with Gasteiger partial charge in [-0.3, -0.25) is 9.69 Å². The maximum atomic E-state index is 14.6. The second-order valence-corrected chi connectivity index (χ2v) is 7.27. The standard InChI is InChI=1S/C22H21F2N3O3/c1-12-18(21(28)25-16-8-3-4-9-17(16)30-2)20(19-14(23)6-5-7-15(19)24)26-22(29)27(12)13-10-11-13/h3-9,13,20H,10-11H2,1-2H3,(H,25,28)(H,26,29)/t20-/m0/s1. The molecule has 0 aromatic heterocycles. The third-order valence-corrected chi connectivity index (χ3v) is 5.33. The molecule has 1 atom stereocenters. The van der Waals surface area contributed by atoms with Gasteiger partial charge in [-0.2, -0.15) is 0 Å². The van der Waals surface area contributed by atoms with Gasteiger partial charge in [0, 0.05) is 11.7 Å². The smallest absolute Gasteiger partial charge is 0.322 e. The molecule has 6 nitrogen and oxygen atoms in total. The molecule has 0 bridgehead atoms. The number of halogens is 2. The van der Waals surface area contributed by atoms with E-state index in [9.17, 15) is 18.4 Å². The first-order valence-corrected chi connectivity index (χ1v) is 9.61. The van der Waals surface area contributed by atoms with Gasteiger partial charge in [0.25, 0.3) is 5.91 Å². The molecule has 4 rings (SSSR count). The molecule has 156 valence electrons. The number of methoxy groups -OCH3 is 1. The maximum Gasteiger partial charge on any atom is 0.322 e. The van der Waals surface area contributed by atoms with Crippen LogP contribution in [0.4, 0.5) is 19.3 Å². The number of ether oxygens (including phenoxy) is 1. The summed E-state index contributed by atoms with van der Waals surface area (Å²) in [4.78, 5) is 27.5. The number of nitrogens with one attached hydrogen (secondary N) is 2. The zero-order chi connectivity index (χ0) is 21.4. The normalized spacial score (nSPS) is 18.9.